The number of halogens is 1. The fraction of sp³-hybridized carbons (Fsp3) is 0.200. The van der Waals surface area contributed by atoms with Gasteiger partial charge in [-0.3, -0.25) is 4.79 Å². The fourth-order valence-corrected chi connectivity index (χ4v) is 6.86. The SMILES string of the molecule is COc1ccc(S(=O)(=O)N2CCCC2)cc1C(=O)Nc1ccc(Cl)c(-c2nc3ccccc3s2)c1. The van der Waals surface area contributed by atoms with Gasteiger partial charge in [0.25, 0.3) is 5.91 Å². The highest BCUT2D eigenvalue weighted by atomic mass is 35.5. The minimum absolute atomic E-state index is 0.0663. The second kappa shape index (κ2) is 9.58. The molecule has 1 aliphatic heterocycles. The third-order valence-corrected chi connectivity index (χ3v) is 9.16. The number of thiazole rings is 1. The molecule has 3 aromatic carbocycles. The van der Waals surface area contributed by atoms with E-state index in [9.17, 15) is 13.2 Å². The second-order valence-electron chi connectivity index (χ2n) is 8.11. The zero-order valence-electron chi connectivity index (χ0n) is 18.8. The fourth-order valence-electron chi connectivity index (χ4n) is 4.06. The Morgan fingerprint density at radius 3 is 2.60 bits per heavy atom. The summed E-state index contributed by atoms with van der Waals surface area (Å²) in [4.78, 5) is 17.9. The maximum absolute atomic E-state index is 13.2. The van der Waals surface area contributed by atoms with E-state index in [0.717, 1.165) is 28.1 Å². The van der Waals surface area contributed by atoms with Crippen molar-refractivity contribution in [1.29, 1.82) is 0 Å². The van der Waals surface area contributed by atoms with E-state index in [4.69, 9.17) is 16.3 Å². The molecule has 7 nitrogen and oxygen atoms in total. The summed E-state index contributed by atoms with van der Waals surface area (Å²) in [6.45, 7) is 0.963. The van der Waals surface area contributed by atoms with Crippen molar-refractivity contribution >= 4 is 54.8 Å². The highest BCUT2D eigenvalue weighted by molar-refractivity contribution is 7.89. The monoisotopic (exact) mass is 527 g/mol. The predicted molar refractivity (Wildman–Crippen MR) is 139 cm³/mol. The molecule has 0 aliphatic carbocycles. The summed E-state index contributed by atoms with van der Waals surface area (Å²) in [7, 11) is -2.24. The van der Waals surface area contributed by atoms with Gasteiger partial charge in [0, 0.05) is 24.3 Å². The molecule has 2 heterocycles. The molecule has 0 atom stereocenters. The Hall–Kier alpha value is -2.98. The molecular weight excluding hydrogens is 506 g/mol. The summed E-state index contributed by atoms with van der Waals surface area (Å²) in [5.74, 6) is -0.207. The number of anilines is 1. The Morgan fingerprint density at radius 1 is 1.09 bits per heavy atom. The van der Waals surface area contributed by atoms with Crippen LogP contribution in [0.4, 0.5) is 5.69 Å². The number of fused-ring (bicyclic) bond motifs is 1. The van der Waals surface area contributed by atoms with Gasteiger partial charge >= 0.3 is 0 Å². The Bertz CT molecular complexity index is 1500. The van der Waals surface area contributed by atoms with Crippen molar-refractivity contribution in [2.75, 3.05) is 25.5 Å². The summed E-state index contributed by atoms with van der Waals surface area (Å²) in [5, 5.41) is 4.09. The van der Waals surface area contributed by atoms with Crippen LogP contribution in [-0.4, -0.2) is 43.8 Å². The lowest BCUT2D eigenvalue weighted by Crippen LogP contribution is -2.28. The molecule has 4 aromatic rings. The van der Waals surface area contributed by atoms with Crippen LogP contribution < -0.4 is 10.1 Å². The van der Waals surface area contributed by atoms with Crippen LogP contribution >= 0.6 is 22.9 Å². The first-order valence-electron chi connectivity index (χ1n) is 11.0. The Balaban J connectivity index is 1.46. The highest BCUT2D eigenvalue weighted by Gasteiger charge is 2.28. The van der Waals surface area contributed by atoms with Crippen LogP contribution in [0, 0.1) is 0 Å². The highest BCUT2D eigenvalue weighted by Crippen LogP contribution is 2.36. The van der Waals surface area contributed by atoms with Gasteiger partial charge in [-0.2, -0.15) is 4.31 Å². The smallest absolute Gasteiger partial charge is 0.259 e. The molecule has 1 N–H and O–H groups in total. The Labute approximate surface area is 212 Å². The van der Waals surface area contributed by atoms with Gasteiger partial charge in [0.2, 0.25) is 10.0 Å². The molecule has 1 saturated heterocycles. The number of hydrogen-bond donors (Lipinski definition) is 1. The molecule has 180 valence electrons. The number of ether oxygens (including phenoxy) is 1. The number of para-hydroxylation sites is 1. The van der Waals surface area contributed by atoms with Crippen LogP contribution in [0.3, 0.4) is 0 Å². The van der Waals surface area contributed by atoms with Crippen molar-refractivity contribution in [3.05, 3.63) is 71.2 Å². The summed E-state index contributed by atoms with van der Waals surface area (Å²) in [5.41, 5.74) is 2.20. The number of amides is 1. The van der Waals surface area contributed by atoms with E-state index in [1.165, 1.54) is 41.0 Å². The van der Waals surface area contributed by atoms with Crippen molar-refractivity contribution in [3.8, 4) is 16.3 Å². The van der Waals surface area contributed by atoms with Crippen molar-refractivity contribution in [2.24, 2.45) is 0 Å². The molecule has 0 saturated carbocycles. The van der Waals surface area contributed by atoms with Crippen molar-refractivity contribution < 1.29 is 17.9 Å². The molecule has 10 heteroatoms. The zero-order chi connectivity index (χ0) is 24.6. The molecule has 0 unspecified atom stereocenters. The van der Waals surface area contributed by atoms with E-state index < -0.39 is 15.9 Å². The number of rotatable bonds is 6. The number of carbonyl (C=O) groups excluding carboxylic acids is 1. The number of aromatic nitrogens is 1. The third kappa shape index (κ3) is 4.64. The maximum Gasteiger partial charge on any atom is 0.259 e. The first-order chi connectivity index (χ1) is 16.9. The number of benzene rings is 3. The van der Waals surface area contributed by atoms with Gasteiger partial charge in [0.15, 0.2) is 0 Å². The number of hydrogen-bond acceptors (Lipinski definition) is 6. The van der Waals surface area contributed by atoms with Gasteiger partial charge in [-0.25, -0.2) is 13.4 Å². The average Bonchev–Trinajstić information content (AvgIpc) is 3.55. The van der Waals surface area contributed by atoms with Gasteiger partial charge in [-0.1, -0.05) is 23.7 Å². The Morgan fingerprint density at radius 2 is 1.86 bits per heavy atom. The van der Waals surface area contributed by atoms with E-state index in [2.05, 4.69) is 10.3 Å². The van der Waals surface area contributed by atoms with E-state index in [-0.39, 0.29) is 16.2 Å². The van der Waals surface area contributed by atoms with Crippen molar-refractivity contribution in [1.82, 2.24) is 9.29 Å². The predicted octanol–water partition coefficient (Wildman–Crippen LogP) is 5.66. The first-order valence-corrected chi connectivity index (χ1v) is 13.7. The first kappa shape index (κ1) is 23.7. The van der Waals surface area contributed by atoms with E-state index in [0.29, 0.717) is 29.4 Å². The van der Waals surface area contributed by atoms with E-state index in [1.54, 1.807) is 18.2 Å². The number of nitrogens with one attached hydrogen (secondary N) is 1. The van der Waals surface area contributed by atoms with Gasteiger partial charge in [-0.15, -0.1) is 11.3 Å². The maximum atomic E-state index is 13.2. The molecule has 1 fully saturated rings. The average molecular weight is 528 g/mol. The molecule has 35 heavy (non-hydrogen) atoms. The normalized spacial score (nSPS) is 14.3. The number of methoxy groups -OCH3 is 1. The summed E-state index contributed by atoms with van der Waals surface area (Å²) in [6, 6.07) is 17.3. The van der Waals surface area contributed by atoms with Crippen LogP contribution in [0.15, 0.2) is 65.6 Å². The summed E-state index contributed by atoms with van der Waals surface area (Å²) >= 11 is 7.97. The van der Waals surface area contributed by atoms with Gasteiger partial charge in [0.05, 0.1) is 32.8 Å². The molecule has 0 radical (unpaired) electrons. The van der Waals surface area contributed by atoms with Gasteiger partial charge in [0.1, 0.15) is 10.8 Å². The van der Waals surface area contributed by atoms with Gasteiger partial charge in [-0.05, 0) is 61.4 Å². The van der Waals surface area contributed by atoms with Crippen LogP contribution in [0.2, 0.25) is 5.02 Å². The molecule has 0 bridgehead atoms. The zero-order valence-corrected chi connectivity index (χ0v) is 21.2. The lowest BCUT2D eigenvalue weighted by Gasteiger charge is -2.17. The second-order valence-corrected chi connectivity index (χ2v) is 11.5. The molecule has 0 spiro atoms. The van der Waals surface area contributed by atoms with Crippen LogP contribution in [0.1, 0.15) is 23.2 Å². The van der Waals surface area contributed by atoms with Gasteiger partial charge < -0.3 is 10.1 Å². The molecule has 1 aromatic heterocycles. The number of carbonyl (C=O) groups is 1. The van der Waals surface area contributed by atoms with Crippen molar-refractivity contribution in [3.63, 3.8) is 0 Å². The molecule has 1 amide bonds. The Kier molecular flexibility index (Phi) is 6.50. The molecular formula is C25H22ClN3O4S2. The quantitative estimate of drug-likeness (QED) is 0.349. The van der Waals surface area contributed by atoms with Crippen LogP contribution in [-0.2, 0) is 10.0 Å². The molecule has 1 aliphatic rings. The minimum atomic E-state index is -3.68. The van der Waals surface area contributed by atoms with Crippen molar-refractivity contribution in [2.45, 2.75) is 17.7 Å². The minimum Gasteiger partial charge on any atom is -0.496 e. The lowest BCUT2D eigenvalue weighted by atomic mass is 10.1. The van der Waals surface area contributed by atoms with E-state index in [1.807, 2.05) is 24.3 Å². The summed E-state index contributed by atoms with van der Waals surface area (Å²) in [6.07, 6.45) is 1.66. The van der Waals surface area contributed by atoms with Crippen LogP contribution in [0.5, 0.6) is 5.75 Å². The molecule has 5 rings (SSSR count). The number of nitrogens with zero attached hydrogens (tertiary/aromatic N) is 2. The van der Waals surface area contributed by atoms with Crippen LogP contribution in [0.25, 0.3) is 20.8 Å². The number of sulfonamides is 1. The largest absolute Gasteiger partial charge is 0.496 e. The van der Waals surface area contributed by atoms with E-state index >= 15 is 0 Å². The topological polar surface area (TPSA) is 88.6 Å². The summed E-state index contributed by atoms with van der Waals surface area (Å²) < 4.78 is 33.9. The standard InChI is InChI=1S/C25H22ClN3O4S2/c1-33-22-11-9-17(35(31,32)29-12-4-5-13-29)15-19(22)24(30)27-16-8-10-20(26)18(14-16)25-28-21-6-2-3-7-23(21)34-25/h2-3,6-11,14-15H,4-5,12-13H2,1H3,(H,27,30). The lowest BCUT2D eigenvalue weighted by molar-refractivity contribution is 0.102. The third-order valence-electron chi connectivity index (χ3n) is 5.87.